The lowest BCUT2D eigenvalue weighted by Crippen LogP contribution is -2.32. The molecule has 2 N–H and O–H groups in total. The average molecular weight is 559 g/mol. The second-order valence-electron chi connectivity index (χ2n) is 9.36. The van der Waals surface area contributed by atoms with E-state index in [4.69, 9.17) is 9.59 Å². The standard InChI is InChI=1S/C26H38O7S3/c1-25(34-33-32-27,23-15-7-3-8-16-23)19-11-5-13-21-35(28)22-14-6-12-20-26(2,36(29,30)31)24-17-9-4-10-18-24/h3-4,7-10,15-18,27H,5-6,11-14,19-22H2,1-2H3,(H,29,30,31). The lowest BCUT2D eigenvalue weighted by Gasteiger charge is -2.27. The van der Waals surface area contributed by atoms with Crippen LogP contribution >= 0.6 is 12.0 Å². The van der Waals surface area contributed by atoms with Gasteiger partial charge in [0.25, 0.3) is 10.1 Å². The summed E-state index contributed by atoms with van der Waals surface area (Å²) in [5.41, 5.74) is 1.65. The SMILES string of the molecule is CC(CCCCCS(=O)CCCCCC(C)(c1ccccc1)S(=O)(=O)O)(SOOO)c1ccccc1. The first-order valence-corrected chi connectivity index (χ1v) is 15.9. The number of hydrogen-bond donors (Lipinski definition) is 2. The molecule has 10 heteroatoms. The largest absolute Gasteiger partial charge is 0.285 e. The highest BCUT2D eigenvalue weighted by atomic mass is 32.2. The maximum absolute atomic E-state index is 12.4. The molecular weight excluding hydrogens is 520 g/mol. The summed E-state index contributed by atoms with van der Waals surface area (Å²) in [5.74, 6) is 1.23. The number of rotatable bonds is 18. The molecule has 3 atom stereocenters. The van der Waals surface area contributed by atoms with Crippen molar-refractivity contribution in [2.24, 2.45) is 0 Å². The molecule has 2 aromatic rings. The maximum Gasteiger partial charge on any atom is 0.274 e. The second-order valence-corrected chi connectivity index (χ2v) is 14.1. The molecule has 2 rings (SSSR count). The predicted molar refractivity (Wildman–Crippen MR) is 146 cm³/mol. The van der Waals surface area contributed by atoms with Gasteiger partial charge < -0.3 is 0 Å². The van der Waals surface area contributed by atoms with Gasteiger partial charge in [-0.1, -0.05) is 91.4 Å². The molecule has 0 aliphatic rings. The second kappa shape index (κ2) is 15.2. The van der Waals surface area contributed by atoms with E-state index in [1.807, 2.05) is 43.3 Å². The molecule has 0 saturated carbocycles. The fourth-order valence-corrected chi connectivity index (χ4v) is 6.97. The predicted octanol–water partition coefficient (Wildman–Crippen LogP) is 6.64. The van der Waals surface area contributed by atoms with Crippen LogP contribution in [0.1, 0.15) is 76.3 Å². The van der Waals surface area contributed by atoms with Crippen LogP contribution in [0.2, 0.25) is 0 Å². The van der Waals surface area contributed by atoms with Crippen LogP contribution in [0, 0.1) is 0 Å². The molecule has 0 aliphatic carbocycles. The Morgan fingerprint density at radius 1 is 0.806 bits per heavy atom. The lowest BCUT2D eigenvalue weighted by molar-refractivity contribution is -0.432. The molecule has 0 amide bonds. The molecule has 0 aromatic heterocycles. The average Bonchev–Trinajstić information content (AvgIpc) is 2.87. The molecule has 0 heterocycles. The zero-order chi connectivity index (χ0) is 26.5. The molecule has 0 spiro atoms. The van der Waals surface area contributed by atoms with E-state index < -0.39 is 25.7 Å². The summed E-state index contributed by atoms with van der Waals surface area (Å²) in [6, 6.07) is 18.7. The zero-order valence-corrected chi connectivity index (χ0v) is 23.5. The van der Waals surface area contributed by atoms with Crippen LogP contribution in [-0.4, -0.2) is 33.9 Å². The van der Waals surface area contributed by atoms with Gasteiger partial charge in [-0.3, -0.25) is 8.76 Å². The Balaban J connectivity index is 1.68. The van der Waals surface area contributed by atoms with E-state index in [1.165, 1.54) is 0 Å². The molecule has 36 heavy (non-hydrogen) atoms. The van der Waals surface area contributed by atoms with Gasteiger partial charge in [0.05, 0.1) is 4.75 Å². The summed E-state index contributed by atoms with van der Waals surface area (Å²) < 4.78 is 49.4. The molecule has 202 valence electrons. The van der Waals surface area contributed by atoms with E-state index in [9.17, 15) is 17.2 Å². The first kappa shape index (κ1) is 31.0. The van der Waals surface area contributed by atoms with Crippen molar-refractivity contribution in [3.05, 3.63) is 71.8 Å². The summed E-state index contributed by atoms with van der Waals surface area (Å²) in [6.07, 6.45) is 5.95. The third-order valence-electron chi connectivity index (χ3n) is 6.64. The summed E-state index contributed by atoms with van der Waals surface area (Å²) in [7, 11) is -5.17. The minimum absolute atomic E-state index is 0.311. The van der Waals surface area contributed by atoms with Gasteiger partial charge in [0, 0.05) is 34.3 Å². The van der Waals surface area contributed by atoms with E-state index in [0.29, 0.717) is 29.9 Å². The number of benzene rings is 2. The van der Waals surface area contributed by atoms with Crippen LogP contribution < -0.4 is 0 Å². The molecule has 3 unspecified atom stereocenters. The fourth-order valence-electron chi connectivity index (χ4n) is 4.23. The van der Waals surface area contributed by atoms with Crippen LogP contribution in [0.5, 0.6) is 0 Å². The fraction of sp³-hybridized carbons (Fsp3) is 0.538. The van der Waals surface area contributed by atoms with Gasteiger partial charge in [-0.25, -0.2) is 5.26 Å². The molecule has 0 aliphatic heterocycles. The molecule has 2 aromatic carbocycles. The van der Waals surface area contributed by atoms with Crippen LogP contribution in [-0.2, 0) is 39.8 Å². The van der Waals surface area contributed by atoms with Crippen LogP contribution in [0.15, 0.2) is 60.7 Å². The van der Waals surface area contributed by atoms with Crippen molar-refractivity contribution in [1.29, 1.82) is 0 Å². The highest BCUT2D eigenvalue weighted by molar-refractivity contribution is 7.95. The van der Waals surface area contributed by atoms with Crippen molar-refractivity contribution in [2.75, 3.05) is 11.5 Å². The van der Waals surface area contributed by atoms with Gasteiger partial charge in [-0.2, -0.15) is 8.42 Å². The van der Waals surface area contributed by atoms with E-state index in [-0.39, 0.29) is 4.75 Å². The van der Waals surface area contributed by atoms with Crippen LogP contribution in [0.4, 0.5) is 0 Å². The van der Waals surface area contributed by atoms with Gasteiger partial charge in [0.15, 0.2) is 0 Å². The Hall–Kier alpha value is -1.27. The van der Waals surface area contributed by atoms with E-state index in [0.717, 1.165) is 56.1 Å². The third-order valence-corrected chi connectivity index (χ3v) is 10.6. The van der Waals surface area contributed by atoms with Crippen molar-refractivity contribution >= 4 is 33.0 Å². The van der Waals surface area contributed by atoms with Crippen molar-refractivity contribution in [3.63, 3.8) is 0 Å². The topological polar surface area (TPSA) is 110 Å². The Bertz CT molecular complexity index is 1020. The minimum Gasteiger partial charge on any atom is -0.285 e. The van der Waals surface area contributed by atoms with Gasteiger partial charge in [0.2, 0.25) is 0 Å². The van der Waals surface area contributed by atoms with E-state index in [2.05, 4.69) is 5.04 Å². The highest BCUT2D eigenvalue weighted by Gasteiger charge is 2.39. The smallest absolute Gasteiger partial charge is 0.274 e. The Morgan fingerprint density at radius 3 is 1.81 bits per heavy atom. The zero-order valence-electron chi connectivity index (χ0n) is 21.0. The molecule has 0 saturated heterocycles. The molecule has 0 radical (unpaired) electrons. The van der Waals surface area contributed by atoms with E-state index >= 15 is 0 Å². The normalized spacial score (nSPS) is 16.2. The number of hydrogen-bond acceptors (Lipinski definition) is 7. The summed E-state index contributed by atoms with van der Waals surface area (Å²) in [6.45, 7) is 3.59. The summed E-state index contributed by atoms with van der Waals surface area (Å²) in [5, 5.41) is 12.4. The van der Waals surface area contributed by atoms with Crippen LogP contribution in [0.25, 0.3) is 0 Å². The maximum atomic E-state index is 12.4. The number of unbranched alkanes of at least 4 members (excludes halogenated alkanes) is 4. The molecular formula is C26H38O7S3. The third kappa shape index (κ3) is 9.55. The van der Waals surface area contributed by atoms with Crippen LogP contribution in [0.3, 0.4) is 0 Å². The van der Waals surface area contributed by atoms with Gasteiger partial charge in [-0.05, 0) is 50.7 Å². The molecule has 0 fully saturated rings. The van der Waals surface area contributed by atoms with Crippen molar-refractivity contribution in [1.82, 2.24) is 0 Å². The molecule has 7 nitrogen and oxygen atoms in total. The van der Waals surface area contributed by atoms with Gasteiger partial charge in [-0.15, -0.1) is 4.33 Å². The molecule has 0 bridgehead atoms. The van der Waals surface area contributed by atoms with E-state index in [1.54, 1.807) is 31.2 Å². The van der Waals surface area contributed by atoms with Crippen molar-refractivity contribution in [2.45, 2.75) is 74.7 Å². The lowest BCUT2D eigenvalue weighted by atomic mass is 9.94. The van der Waals surface area contributed by atoms with Gasteiger partial charge in [0.1, 0.15) is 4.75 Å². The first-order chi connectivity index (χ1) is 17.1. The van der Waals surface area contributed by atoms with Gasteiger partial charge >= 0.3 is 0 Å². The van der Waals surface area contributed by atoms with Crippen molar-refractivity contribution < 1.29 is 31.8 Å². The Labute approximate surface area is 222 Å². The first-order valence-electron chi connectivity index (χ1n) is 12.2. The summed E-state index contributed by atoms with van der Waals surface area (Å²) >= 11 is 1.07. The summed E-state index contributed by atoms with van der Waals surface area (Å²) in [4.78, 5) is 0. The minimum atomic E-state index is -4.26. The Morgan fingerprint density at radius 2 is 1.31 bits per heavy atom. The highest BCUT2D eigenvalue weighted by Crippen LogP contribution is 2.41. The monoisotopic (exact) mass is 558 g/mol. The Kier molecular flexibility index (Phi) is 13.1. The van der Waals surface area contributed by atoms with Crippen molar-refractivity contribution in [3.8, 4) is 0 Å². The quantitative estimate of drug-likeness (QED) is 0.0688.